The molecule has 2 nitrogen and oxygen atoms in total. The van der Waals surface area contributed by atoms with Gasteiger partial charge in [0.25, 0.3) is 0 Å². The van der Waals surface area contributed by atoms with Gasteiger partial charge < -0.3 is 4.90 Å². The summed E-state index contributed by atoms with van der Waals surface area (Å²) < 4.78 is 0. The second-order valence-corrected chi connectivity index (χ2v) is 9.88. The van der Waals surface area contributed by atoms with E-state index in [0.717, 1.165) is 12.3 Å². The predicted octanol–water partition coefficient (Wildman–Crippen LogP) is 6.33. The maximum atomic E-state index is 6.83. The van der Waals surface area contributed by atoms with Gasteiger partial charge in [-0.3, -0.25) is 4.90 Å². The lowest BCUT2D eigenvalue weighted by atomic mass is 9.83. The summed E-state index contributed by atoms with van der Waals surface area (Å²) in [4.78, 5) is 5.33. The Morgan fingerprint density at radius 3 is 2.59 bits per heavy atom. The minimum absolute atomic E-state index is 0.128. The molecule has 29 heavy (non-hydrogen) atoms. The van der Waals surface area contributed by atoms with Crippen LogP contribution < -0.4 is 4.90 Å². The van der Waals surface area contributed by atoms with Crippen LogP contribution in [0.4, 0.5) is 5.69 Å². The number of benzene rings is 2. The van der Waals surface area contributed by atoms with E-state index in [-0.39, 0.29) is 11.0 Å². The normalized spacial score (nSPS) is 30.1. The van der Waals surface area contributed by atoms with Gasteiger partial charge in [0.15, 0.2) is 0 Å². The molecule has 2 aliphatic carbocycles. The third-order valence-electron chi connectivity index (χ3n) is 8.01. The molecule has 2 heterocycles. The standard InChI is InChI=1S/C26H29ClN2/c27-24-12-13-26(29(24)21-9-2-1-3-10-21)14-16-28(17-15-26)23-18-20-8-4-6-19-7-5-11-22(23)25(19)20/h1-7,9-11,20,23-24H,8,12-18H2. The lowest BCUT2D eigenvalue weighted by molar-refractivity contribution is 0.114. The Hall–Kier alpha value is -1.77. The second kappa shape index (κ2) is 6.89. The third-order valence-corrected chi connectivity index (χ3v) is 8.42. The zero-order chi connectivity index (χ0) is 19.4. The van der Waals surface area contributed by atoms with Gasteiger partial charge in [0.1, 0.15) is 5.50 Å². The van der Waals surface area contributed by atoms with Crippen LogP contribution in [0.5, 0.6) is 0 Å². The molecule has 150 valence electrons. The first-order valence-corrected chi connectivity index (χ1v) is 11.7. The van der Waals surface area contributed by atoms with Gasteiger partial charge in [-0.05, 0) is 73.3 Å². The highest BCUT2D eigenvalue weighted by molar-refractivity contribution is 6.22. The summed E-state index contributed by atoms with van der Waals surface area (Å²) in [7, 11) is 0. The van der Waals surface area contributed by atoms with Crippen molar-refractivity contribution in [2.45, 2.75) is 61.5 Å². The first-order chi connectivity index (χ1) is 14.3. The van der Waals surface area contributed by atoms with Crippen LogP contribution in [-0.4, -0.2) is 29.0 Å². The topological polar surface area (TPSA) is 6.48 Å². The van der Waals surface area contributed by atoms with Crippen molar-refractivity contribution in [1.82, 2.24) is 4.90 Å². The number of likely N-dealkylation sites (tertiary alicyclic amines) is 1. The minimum atomic E-state index is 0.128. The molecule has 0 bridgehead atoms. The molecule has 0 aromatic heterocycles. The van der Waals surface area contributed by atoms with E-state index in [1.165, 1.54) is 56.4 Å². The molecular weight excluding hydrogens is 376 g/mol. The summed E-state index contributed by atoms with van der Waals surface area (Å²) in [5, 5.41) is 0. The summed E-state index contributed by atoms with van der Waals surface area (Å²) in [6, 6.07) is 18.4. The van der Waals surface area contributed by atoms with Gasteiger partial charge in [0, 0.05) is 30.4 Å². The quantitative estimate of drug-likeness (QED) is 0.426. The average Bonchev–Trinajstić information content (AvgIpc) is 3.29. The zero-order valence-electron chi connectivity index (χ0n) is 16.9. The SMILES string of the molecule is ClC1CCC2(CCN(C3CC4CC=Cc5cccc3c54)CC2)N1c1ccccc1. The molecule has 3 atom stereocenters. The van der Waals surface area contributed by atoms with Gasteiger partial charge in [-0.15, -0.1) is 0 Å². The van der Waals surface area contributed by atoms with E-state index in [2.05, 4.69) is 70.5 Å². The molecule has 3 unspecified atom stereocenters. The number of piperidine rings is 1. The van der Waals surface area contributed by atoms with Crippen LogP contribution in [0.3, 0.4) is 0 Å². The van der Waals surface area contributed by atoms with E-state index in [9.17, 15) is 0 Å². The van der Waals surface area contributed by atoms with Crippen LogP contribution in [0.15, 0.2) is 54.6 Å². The molecule has 2 fully saturated rings. The summed E-state index contributed by atoms with van der Waals surface area (Å²) >= 11 is 6.83. The first-order valence-electron chi connectivity index (χ1n) is 11.3. The molecule has 0 amide bonds. The summed E-state index contributed by atoms with van der Waals surface area (Å²) in [5.41, 5.74) is 6.38. The fourth-order valence-electron chi connectivity index (χ4n) is 6.64. The molecule has 2 saturated heterocycles. The van der Waals surface area contributed by atoms with Crippen molar-refractivity contribution in [3.63, 3.8) is 0 Å². The van der Waals surface area contributed by atoms with Crippen LogP contribution in [0.25, 0.3) is 6.08 Å². The molecule has 0 saturated carbocycles. The summed E-state index contributed by atoms with van der Waals surface area (Å²) in [6.07, 6.45) is 12.0. The number of rotatable bonds is 2. The molecule has 0 radical (unpaired) electrons. The smallest absolute Gasteiger partial charge is 0.104 e. The molecule has 0 N–H and O–H groups in total. The zero-order valence-corrected chi connectivity index (χ0v) is 17.7. The maximum absolute atomic E-state index is 6.83. The van der Waals surface area contributed by atoms with Crippen molar-refractivity contribution in [2.24, 2.45) is 0 Å². The van der Waals surface area contributed by atoms with Gasteiger partial charge in [-0.2, -0.15) is 0 Å². The Labute approximate surface area is 179 Å². The molecule has 6 rings (SSSR count). The summed E-state index contributed by atoms with van der Waals surface area (Å²) in [5.74, 6) is 0.728. The van der Waals surface area contributed by atoms with Crippen molar-refractivity contribution in [2.75, 3.05) is 18.0 Å². The van der Waals surface area contributed by atoms with Gasteiger partial charge in [-0.1, -0.05) is 60.2 Å². The Morgan fingerprint density at radius 1 is 0.931 bits per heavy atom. The van der Waals surface area contributed by atoms with E-state index in [4.69, 9.17) is 11.6 Å². The number of alkyl halides is 1. The van der Waals surface area contributed by atoms with Crippen LogP contribution in [0, 0.1) is 0 Å². The fraction of sp³-hybridized carbons (Fsp3) is 0.462. The van der Waals surface area contributed by atoms with E-state index >= 15 is 0 Å². The Balaban J connectivity index is 1.24. The number of para-hydroxylation sites is 1. The first kappa shape index (κ1) is 18.0. The number of nitrogens with zero attached hydrogens (tertiary/aromatic N) is 2. The maximum Gasteiger partial charge on any atom is 0.104 e. The fourth-order valence-corrected chi connectivity index (χ4v) is 7.07. The minimum Gasteiger partial charge on any atom is -0.349 e. The Bertz CT molecular complexity index is 929. The van der Waals surface area contributed by atoms with Gasteiger partial charge >= 0.3 is 0 Å². The molecule has 2 aromatic rings. The van der Waals surface area contributed by atoms with Crippen molar-refractivity contribution < 1.29 is 0 Å². The molecule has 4 aliphatic rings. The van der Waals surface area contributed by atoms with Crippen molar-refractivity contribution in [3.05, 3.63) is 71.3 Å². The van der Waals surface area contributed by atoms with Crippen molar-refractivity contribution >= 4 is 23.4 Å². The highest BCUT2D eigenvalue weighted by Gasteiger charge is 2.48. The van der Waals surface area contributed by atoms with Crippen LogP contribution >= 0.6 is 11.6 Å². The van der Waals surface area contributed by atoms with E-state index in [0.29, 0.717) is 6.04 Å². The Kier molecular flexibility index (Phi) is 4.28. The largest absolute Gasteiger partial charge is 0.349 e. The van der Waals surface area contributed by atoms with Crippen LogP contribution in [0.2, 0.25) is 0 Å². The number of allylic oxidation sites excluding steroid dienone is 1. The van der Waals surface area contributed by atoms with Crippen LogP contribution in [-0.2, 0) is 0 Å². The average molecular weight is 405 g/mol. The van der Waals surface area contributed by atoms with Crippen molar-refractivity contribution in [1.29, 1.82) is 0 Å². The Morgan fingerprint density at radius 2 is 1.76 bits per heavy atom. The van der Waals surface area contributed by atoms with E-state index in [1.54, 1.807) is 11.1 Å². The number of anilines is 1. The van der Waals surface area contributed by atoms with Crippen molar-refractivity contribution in [3.8, 4) is 0 Å². The van der Waals surface area contributed by atoms with Gasteiger partial charge in [0.05, 0.1) is 0 Å². The lowest BCUT2D eigenvalue weighted by Gasteiger charge is -2.48. The van der Waals surface area contributed by atoms with E-state index in [1.807, 2.05) is 0 Å². The van der Waals surface area contributed by atoms with Gasteiger partial charge in [0.2, 0.25) is 0 Å². The van der Waals surface area contributed by atoms with E-state index < -0.39 is 0 Å². The molecule has 1 spiro atoms. The monoisotopic (exact) mass is 404 g/mol. The molecular formula is C26H29ClN2. The predicted molar refractivity (Wildman–Crippen MR) is 122 cm³/mol. The summed E-state index contributed by atoms with van der Waals surface area (Å²) in [6.45, 7) is 2.36. The molecule has 2 aliphatic heterocycles. The molecule has 2 aromatic carbocycles. The third kappa shape index (κ3) is 2.79. The number of halogens is 1. The number of hydrogen-bond donors (Lipinski definition) is 0. The highest BCUT2D eigenvalue weighted by atomic mass is 35.5. The molecule has 3 heteroatoms. The lowest BCUT2D eigenvalue weighted by Crippen LogP contribution is -2.54. The van der Waals surface area contributed by atoms with Gasteiger partial charge in [-0.25, -0.2) is 0 Å². The number of hydrogen-bond acceptors (Lipinski definition) is 2. The second-order valence-electron chi connectivity index (χ2n) is 9.38. The highest BCUT2D eigenvalue weighted by Crippen LogP contribution is 2.51. The van der Waals surface area contributed by atoms with Crippen LogP contribution in [0.1, 0.15) is 67.2 Å².